The van der Waals surface area contributed by atoms with Gasteiger partial charge in [0.2, 0.25) is 0 Å². The zero-order chi connectivity index (χ0) is 18.2. The smallest absolute Gasteiger partial charge is 0.278 e. The zero-order valence-corrected chi connectivity index (χ0v) is 16.8. The summed E-state index contributed by atoms with van der Waals surface area (Å²) < 4.78 is 34.5. The molecule has 3 rings (SSSR count). The fourth-order valence-electron chi connectivity index (χ4n) is 4.70. The van der Waals surface area contributed by atoms with Crippen molar-refractivity contribution in [1.82, 2.24) is 13.9 Å². The van der Waals surface area contributed by atoms with Crippen LogP contribution < -0.4 is 4.72 Å². The first-order chi connectivity index (χ1) is 11.8. The summed E-state index contributed by atoms with van der Waals surface area (Å²) in [6, 6.07) is 0. The van der Waals surface area contributed by atoms with E-state index < -0.39 is 10.2 Å². The molecule has 25 heavy (non-hydrogen) atoms. The Hall–Kier alpha value is -0.470. The van der Waals surface area contributed by atoms with Crippen molar-refractivity contribution in [2.45, 2.75) is 51.2 Å². The Bertz CT molecular complexity index is 619. The molecular weight excluding hydrogens is 338 g/mol. The minimum absolute atomic E-state index is 0.0254. The lowest BCUT2D eigenvalue weighted by Gasteiger charge is -2.29. The van der Waals surface area contributed by atoms with Gasteiger partial charge >= 0.3 is 0 Å². The van der Waals surface area contributed by atoms with Crippen LogP contribution in [0.3, 0.4) is 0 Å². The van der Waals surface area contributed by atoms with Gasteiger partial charge in [0, 0.05) is 52.1 Å². The van der Waals surface area contributed by atoms with Crippen molar-refractivity contribution in [3.05, 3.63) is 11.6 Å². The Kier molecular flexibility index (Phi) is 5.61. The SMILES string of the molecule is CCC(C)=CCCN1C[C@@H]2[C@H](CNS(=O)(=O)N(C)C)[C@H]3CC[C@]2(C1)O3. The molecule has 1 spiro atoms. The van der Waals surface area contributed by atoms with E-state index in [1.54, 1.807) is 14.1 Å². The maximum Gasteiger partial charge on any atom is 0.278 e. The van der Waals surface area contributed by atoms with E-state index in [-0.39, 0.29) is 11.7 Å². The van der Waals surface area contributed by atoms with Crippen LogP contribution in [0.4, 0.5) is 0 Å². The molecule has 0 radical (unpaired) electrons. The number of allylic oxidation sites excluding steroid dienone is 1. The van der Waals surface area contributed by atoms with Crippen LogP contribution in [-0.4, -0.2) is 69.6 Å². The third-order valence-electron chi connectivity index (χ3n) is 6.33. The van der Waals surface area contributed by atoms with E-state index in [2.05, 4.69) is 29.5 Å². The first kappa shape index (κ1) is 19.3. The Morgan fingerprint density at radius 1 is 1.44 bits per heavy atom. The third kappa shape index (κ3) is 3.81. The van der Waals surface area contributed by atoms with Crippen molar-refractivity contribution < 1.29 is 13.2 Å². The second-order valence-corrected chi connectivity index (χ2v) is 10.1. The lowest BCUT2D eigenvalue weighted by Crippen LogP contribution is -2.44. The number of nitrogens with one attached hydrogen (secondary N) is 1. The molecule has 0 aromatic rings. The van der Waals surface area contributed by atoms with Gasteiger partial charge < -0.3 is 4.74 Å². The van der Waals surface area contributed by atoms with Crippen LogP contribution in [0.25, 0.3) is 0 Å². The predicted molar refractivity (Wildman–Crippen MR) is 99.5 cm³/mol. The molecule has 0 amide bonds. The van der Waals surface area contributed by atoms with Crippen LogP contribution in [0.5, 0.6) is 0 Å². The Morgan fingerprint density at radius 3 is 2.88 bits per heavy atom. The fraction of sp³-hybridized carbons (Fsp3) is 0.889. The Morgan fingerprint density at radius 2 is 2.20 bits per heavy atom. The van der Waals surface area contributed by atoms with E-state index in [4.69, 9.17) is 4.74 Å². The minimum atomic E-state index is -3.37. The summed E-state index contributed by atoms with van der Waals surface area (Å²) >= 11 is 0. The van der Waals surface area contributed by atoms with E-state index in [0.717, 1.165) is 45.3 Å². The van der Waals surface area contributed by atoms with E-state index in [1.807, 2.05) is 0 Å². The van der Waals surface area contributed by atoms with Gasteiger partial charge in [-0.25, -0.2) is 4.72 Å². The van der Waals surface area contributed by atoms with Crippen molar-refractivity contribution >= 4 is 10.2 Å². The van der Waals surface area contributed by atoms with Gasteiger partial charge in [0.05, 0.1) is 11.7 Å². The fourth-order valence-corrected chi connectivity index (χ4v) is 5.36. The van der Waals surface area contributed by atoms with Crippen LogP contribution in [0.1, 0.15) is 39.5 Å². The molecule has 0 unspecified atom stereocenters. The monoisotopic (exact) mass is 371 g/mol. The largest absolute Gasteiger partial charge is 0.370 e. The lowest BCUT2D eigenvalue weighted by molar-refractivity contribution is 0.00297. The number of hydrogen-bond acceptors (Lipinski definition) is 4. The zero-order valence-electron chi connectivity index (χ0n) is 16.0. The van der Waals surface area contributed by atoms with E-state index >= 15 is 0 Å². The van der Waals surface area contributed by atoms with Gasteiger partial charge in [-0.05, 0) is 32.6 Å². The number of ether oxygens (including phenoxy) is 1. The average Bonchev–Trinajstić information content (AvgIpc) is 3.20. The highest BCUT2D eigenvalue weighted by atomic mass is 32.2. The minimum Gasteiger partial charge on any atom is -0.370 e. The molecule has 3 aliphatic rings. The number of fused-ring (bicyclic) bond motifs is 1. The van der Waals surface area contributed by atoms with Gasteiger partial charge in [0.25, 0.3) is 10.2 Å². The molecule has 0 saturated carbocycles. The summed E-state index contributed by atoms with van der Waals surface area (Å²) in [6.45, 7) is 7.97. The highest BCUT2D eigenvalue weighted by Gasteiger charge is 2.62. The molecule has 3 fully saturated rings. The van der Waals surface area contributed by atoms with Gasteiger partial charge in [0.1, 0.15) is 0 Å². The van der Waals surface area contributed by atoms with Gasteiger partial charge in [-0.2, -0.15) is 12.7 Å². The third-order valence-corrected chi connectivity index (χ3v) is 7.83. The van der Waals surface area contributed by atoms with Crippen LogP contribution in [0, 0.1) is 11.8 Å². The van der Waals surface area contributed by atoms with Gasteiger partial charge in [0.15, 0.2) is 0 Å². The molecule has 7 heteroatoms. The van der Waals surface area contributed by atoms with Crippen molar-refractivity contribution in [3.63, 3.8) is 0 Å². The topological polar surface area (TPSA) is 61.9 Å². The van der Waals surface area contributed by atoms with E-state index in [9.17, 15) is 8.42 Å². The maximum absolute atomic E-state index is 12.0. The van der Waals surface area contributed by atoms with Gasteiger partial charge in [-0.15, -0.1) is 0 Å². The number of hydrogen-bond donors (Lipinski definition) is 1. The molecule has 6 nitrogen and oxygen atoms in total. The molecule has 2 bridgehead atoms. The summed E-state index contributed by atoms with van der Waals surface area (Å²) in [5.41, 5.74) is 1.42. The molecule has 0 aromatic carbocycles. The average molecular weight is 372 g/mol. The summed E-state index contributed by atoms with van der Waals surface area (Å²) in [7, 11) is -0.248. The van der Waals surface area contributed by atoms with Crippen LogP contribution in [0.2, 0.25) is 0 Å². The van der Waals surface area contributed by atoms with Crippen molar-refractivity contribution in [3.8, 4) is 0 Å². The molecule has 1 N–H and O–H groups in total. The highest BCUT2D eigenvalue weighted by Crippen LogP contribution is 2.54. The number of rotatable bonds is 8. The molecule has 0 aromatic heterocycles. The van der Waals surface area contributed by atoms with Crippen molar-refractivity contribution in [1.29, 1.82) is 0 Å². The first-order valence-electron chi connectivity index (χ1n) is 9.50. The maximum atomic E-state index is 12.0. The molecule has 144 valence electrons. The van der Waals surface area contributed by atoms with Crippen LogP contribution >= 0.6 is 0 Å². The molecular formula is C18H33N3O3S. The predicted octanol–water partition coefficient (Wildman–Crippen LogP) is 1.61. The van der Waals surface area contributed by atoms with Gasteiger partial charge in [-0.3, -0.25) is 4.90 Å². The molecule has 3 heterocycles. The highest BCUT2D eigenvalue weighted by molar-refractivity contribution is 7.87. The molecule has 0 aliphatic carbocycles. The number of likely N-dealkylation sites (tertiary alicyclic amines) is 1. The lowest BCUT2D eigenvalue weighted by atomic mass is 9.74. The quantitative estimate of drug-likeness (QED) is 0.659. The van der Waals surface area contributed by atoms with E-state index in [1.165, 1.54) is 9.88 Å². The Balaban J connectivity index is 1.59. The number of nitrogens with zero attached hydrogens (tertiary/aromatic N) is 2. The first-order valence-corrected chi connectivity index (χ1v) is 10.9. The summed E-state index contributed by atoms with van der Waals surface area (Å²) in [4.78, 5) is 2.51. The normalized spacial score (nSPS) is 35.7. The van der Waals surface area contributed by atoms with E-state index in [0.29, 0.717) is 18.4 Å². The van der Waals surface area contributed by atoms with Gasteiger partial charge in [-0.1, -0.05) is 18.6 Å². The van der Waals surface area contributed by atoms with Crippen LogP contribution in [-0.2, 0) is 14.9 Å². The summed E-state index contributed by atoms with van der Waals surface area (Å²) in [5, 5.41) is 0. The standard InChI is InChI=1S/C18H33N3O3S/c1-5-14(2)7-6-10-21-12-16-15(11-19-25(22,23)20(3)4)17-8-9-18(16,13-21)24-17/h7,15-17,19H,5-6,8-13H2,1-4H3/t15-,16+,17+,18+/m0/s1. The summed E-state index contributed by atoms with van der Waals surface area (Å²) in [5.74, 6) is 0.744. The second kappa shape index (κ2) is 7.27. The summed E-state index contributed by atoms with van der Waals surface area (Å²) in [6.07, 6.45) is 6.95. The molecule has 4 atom stereocenters. The Labute approximate surface area is 152 Å². The second-order valence-electron chi connectivity index (χ2n) is 8.09. The van der Waals surface area contributed by atoms with Crippen LogP contribution in [0.15, 0.2) is 11.6 Å². The molecule has 3 saturated heterocycles. The van der Waals surface area contributed by atoms with Crippen molar-refractivity contribution in [2.24, 2.45) is 11.8 Å². The molecule has 3 aliphatic heterocycles. The van der Waals surface area contributed by atoms with Crippen molar-refractivity contribution in [2.75, 3.05) is 40.3 Å².